The van der Waals surface area contributed by atoms with Crippen LogP contribution in [0.1, 0.15) is 290 Å². The van der Waals surface area contributed by atoms with E-state index in [9.17, 15) is 14.4 Å². The molecule has 0 aromatic heterocycles. The number of unbranched alkanes of at least 4 members (excludes halogenated alkanes) is 28. The lowest BCUT2D eigenvalue weighted by Gasteiger charge is -2.18. The third-order valence-corrected chi connectivity index (χ3v) is 13.3. The molecule has 0 heterocycles. The van der Waals surface area contributed by atoms with Crippen molar-refractivity contribution in [1.82, 2.24) is 0 Å². The van der Waals surface area contributed by atoms with Crippen molar-refractivity contribution < 1.29 is 28.6 Å². The summed E-state index contributed by atoms with van der Waals surface area (Å²) >= 11 is 0. The molecule has 6 heteroatoms. The van der Waals surface area contributed by atoms with E-state index in [0.29, 0.717) is 12.8 Å². The molecule has 75 heavy (non-hydrogen) atoms. The fourth-order valence-electron chi connectivity index (χ4n) is 8.58. The Kier molecular flexibility index (Phi) is 59.3. The van der Waals surface area contributed by atoms with E-state index in [1.807, 2.05) is 6.08 Å². The molecule has 0 aromatic rings. The molecular formula is C69H116O6. The van der Waals surface area contributed by atoms with Gasteiger partial charge < -0.3 is 14.2 Å². The van der Waals surface area contributed by atoms with Crippen LogP contribution < -0.4 is 0 Å². The zero-order chi connectivity index (χ0) is 54.3. The highest BCUT2D eigenvalue weighted by Crippen LogP contribution is 2.15. The van der Waals surface area contributed by atoms with Crippen molar-refractivity contribution in [1.29, 1.82) is 0 Å². The molecule has 0 bridgehead atoms. The van der Waals surface area contributed by atoms with Crippen molar-refractivity contribution in [2.45, 2.75) is 297 Å². The van der Waals surface area contributed by atoms with Gasteiger partial charge in [-0.25, -0.2) is 0 Å². The highest BCUT2D eigenvalue weighted by Gasteiger charge is 2.19. The molecule has 0 N–H and O–H groups in total. The molecule has 0 aliphatic rings. The van der Waals surface area contributed by atoms with Gasteiger partial charge in [0.1, 0.15) is 13.2 Å². The van der Waals surface area contributed by atoms with Crippen molar-refractivity contribution in [3.8, 4) is 0 Å². The van der Waals surface area contributed by atoms with Crippen molar-refractivity contribution in [2.24, 2.45) is 0 Å². The van der Waals surface area contributed by atoms with Crippen molar-refractivity contribution >= 4 is 17.9 Å². The Hall–Kier alpha value is -3.93. The summed E-state index contributed by atoms with van der Waals surface area (Å²) in [6, 6.07) is 0. The molecule has 0 saturated carbocycles. The normalized spacial score (nSPS) is 12.8. The summed E-state index contributed by atoms with van der Waals surface area (Å²) in [5.74, 6) is -1.05. The number of hydrogen-bond donors (Lipinski definition) is 0. The minimum Gasteiger partial charge on any atom is -0.462 e. The van der Waals surface area contributed by atoms with Gasteiger partial charge in [-0.2, -0.15) is 0 Å². The smallest absolute Gasteiger partial charge is 0.309 e. The van der Waals surface area contributed by atoms with Gasteiger partial charge in [0, 0.05) is 12.8 Å². The molecule has 0 spiro atoms. The van der Waals surface area contributed by atoms with Crippen LogP contribution in [0.2, 0.25) is 0 Å². The Morgan fingerprint density at radius 1 is 0.293 bits per heavy atom. The molecule has 0 aliphatic carbocycles. The van der Waals surface area contributed by atoms with Gasteiger partial charge in [-0.15, -0.1) is 0 Å². The van der Waals surface area contributed by atoms with Gasteiger partial charge in [-0.05, 0) is 109 Å². The topological polar surface area (TPSA) is 78.9 Å². The monoisotopic (exact) mass is 1040 g/mol. The first kappa shape index (κ1) is 71.1. The third kappa shape index (κ3) is 60.8. The fourth-order valence-corrected chi connectivity index (χ4v) is 8.58. The number of ether oxygens (including phenoxy) is 3. The fraction of sp³-hybridized carbons (Fsp3) is 0.696. The van der Waals surface area contributed by atoms with Crippen LogP contribution in [0.15, 0.2) is 109 Å². The first-order valence-corrected chi connectivity index (χ1v) is 31.4. The number of carbonyl (C=O) groups excluding carboxylic acids is 3. The second-order valence-electron chi connectivity index (χ2n) is 20.6. The van der Waals surface area contributed by atoms with Crippen LogP contribution in [0, 0.1) is 0 Å². The third-order valence-electron chi connectivity index (χ3n) is 13.3. The van der Waals surface area contributed by atoms with Crippen molar-refractivity contribution in [3.05, 3.63) is 109 Å². The Morgan fingerprint density at radius 3 is 0.947 bits per heavy atom. The lowest BCUT2D eigenvalue weighted by molar-refractivity contribution is -0.166. The zero-order valence-electron chi connectivity index (χ0n) is 49.0. The summed E-state index contributed by atoms with van der Waals surface area (Å²) in [7, 11) is 0. The first-order valence-electron chi connectivity index (χ1n) is 31.4. The van der Waals surface area contributed by atoms with Gasteiger partial charge in [0.25, 0.3) is 0 Å². The zero-order valence-corrected chi connectivity index (χ0v) is 49.0. The average Bonchev–Trinajstić information content (AvgIpc) is 3.41. The van der Waals surface area contributed by atoms with E-state index in [4.69, 9.17) is 14.2 Å². The average molecular weight is 1040 g/mol. The second kappa shape index (κ2) is 62.6. The van der Waals surface area contributed by atoms with Crippen molar-refractivity contribution in [2.75, 3.05) is 13.2 Å². The Balaban J connectivity index is 4.45. The number of rotatable bonds is 56. The molecule has 0 saturated heterocycles. The summed E-state index contributed by atoms with van der Waals surface area (Å²) in [5, 5.41) is 0. The summed E-state index contributed by atoms with van der Waals surface area (Å²) in [5.41, 5.74) is 0. The summed E-state index contributed by atoms with van der Waals surface area (Å²) < 4.78 is 16.8. The number of carbonyl (C=O) groups is 3. The van der Waals surface area contributed by atoms with Crippen LogP contribution >= 0.6 is 0 Å². The van der Waals surface area contributed by atoms with Crippen LogP contribution in [0.3, 0.4) is 0 Å². The van der Waals surface area contributed by atoms with E-state index >= 15 is 0 Å². The van der Waals surface area contributed by atoms with Crippen LogP contribution in [0.5, 0.6) is 0 Å². The molecule has 6 nitrogen and oxygen atoms in total. The lowest BCUT2D eigenvalue weighted by atomic mass is 10.1. The van der Waals surface area contributed by atoms with E-state index in [-0.39, 0.29) is 31.6 Å². The quantitative estimate of drug-likeness (QED) is 0.0261. The van der Waals surface area contributed by atoms with E-state index in [2.05, 4.69) is 118 Å². The number of esters is 3. The molecule has 0 amide bonds. The highest BCUT2D eigenvalue weighted by molar-refractivity contribution is 5.72. The predicted molar refractivity (Wildman–Crippen MR) is 325 cm³/mol. The van der Waals surface area contributed by atoms with Crippen LogP contribution in [-0.4, -0.2) is 37.2 Å². The molecule has 0 radical (unpaired) electrons. The minimum absolute atomic E-state index is 0.113. The van der Waals surface area contributed by atoms with E-state index in [1.165, 1.54) is 161 Å². The van der Waals surface area contributed by atoms with Gasteiger partial charge in [-0.3, -0.25) is 14.4 Å². The Morgan fingerprint density at radius 2 is 0.573 bits per heavy atom. The molecule has 428 valence electrons. The standard InChI is InChI=1S/C69H116O6/c1-4-7-10-13-16-19-22-25-28-30-32-33-34-35-37-38-41-44-47-50-53-56-59-62-68(71)74-65-66(64-73-67(70)61-58-55-52-49-46-43-40-27-24-21-18-15-12-9-6-3)75-69(72)63-60-57-54-51-48-45-42-39-36-31-29-26-23-20-17-14-11-8-5-2/h9,12,18,21-22,25-27,29-30,32,34-35,40,46,49,55,58,66H,4-8,10-11,13-17,19-20,23-24,28,31,33,36-39,41-45,47-48,50-54,56-57,59-65H2,1-3H3/b12-9-,21-18-,25-22-,29-26-,32-30-,35-34-,40-27-,49-46-,58-55-. The summed E-state index contributed by atoms with van der Waals surface area (Å²) in [6.45, 7) is 6.43. The molecule has 0 aliphatic heterocycles. The Bertz CT molecular complexity index is 1520. The van der Waals surface area contributed by atoms with Gasteiger partial charge >= 0.3 is 17.9 Å². The van der Waals surface area contributed by atoms with Crippen LogP contribution in [0.25, 0.3) is 0 Å². The van der Waals surface area contributed by atoms with Gasteiger partial charge in [0.15, 0.2) is 6.10 Å². The minimum atomic E-state index is -0.825. The first-order chi connectivity index (χ1) is 37.0. The molecule has 1 unspecified atom stereocenters. The maximum Gasteiger partial charge on any atom is 0.309 e. The highest BCUT2D eigenvalue weighted by atomic mass is 16.6. The largest absolute Gasteiger partial charge is 0.462 e. The predicted octanol–water partition coefficient (Wildman–Crippen LogP) is 21.4. The van der Waals surface area contributed by atoms with E-state index < -0.39 is 12.1 Å². The maximum atomic E-state index is 12.9. The van der Waals surface area contributed by atoms with E-state index in [0.717, 1.165) is 89.9 Å². The number of hydrogen-bond acceptors (Lipinski definition) is 6. The van der Waals surface area contributed by atoms with Crippen LogP contribution in [0.4, 0.5) is 0 Å². The molecule has 0 rings (SSSR count). The number of allylic oxidation sites excluding steroid dienone is 17. The Labute approximate surface area is 463 Å². The summed E-state index contributed by atoms with van der Waals surface area (Å²) in [4.78, 5) is 38.2. The SMILES string of the molecule is CC/C=C\C/C=C\C/C=C\C/C=C\C/C=C\CC(=O)OCC(COC(=O)CCCCCCCCCC/C=C\C/C=C\C/C=C\CCCCCCC)OC(=O)CCCCCCCCCCC/C=C\CCCCCCCC. The molecule has 1 atom stereocenters. The maximum absolute atomic E-state index is 12.9. The summed E-state index contributed by atoms with van der Waals surface area (Å²) in [6.07, 6.45) is 85.4. The van der Waals surface area contributed by atoms with Crippen LogP contribution in [-0.2, 0) is 28.6 Å². The van der Waals surface area contributed by atoms with Gasteiger partial charge in [0.05, 0.1) is 6.42 Å². The molecule has 0 aromatic carbocycles. The van der Waals surface area contributed by atoms with Gasteiger partial charge in [0.2, 0.25) is 0 Å². The van der Waals surface area contributed by atoms with Gasteiger partial charge in [-0.1, -0.05) is 271 Å². The second-order valence-corrected chi connectivity index (χ2v) is 20.6. The molecule has 0 fully saturated rings. The molecular weight excluding hydrogens is 925 g/mol. The lowest BCUT2D eigenvalue weighted by Crippen LogP contribution is -2.30. The van der Waals surface area contributed by atoms with Crippen molar-refractivity contribution in [3.63, 3.8) is 0 Å². The van der Waals surface area contributed by atoms with E-state index in [1.54, 1.807) is 6.08 Å².